The van der Waals surface area contributed by atoms with E-state index >= 15 is 0 Å². The number of aromatic amines is 1. The average Bonchev–Trinajstić information content (AvgIpc) is 3.41. The summed E-state index contributed by atoms with van der Waals surface area (Å²) in [6.07, 6.45) is 3.90. The van der Waals surface area contributed by atoms with Gasteiger partial charge in [0, 0.05) is 42.2 Å². The Hall–Kier alpha value is -4.33. The zero-order chi connectivity index (χ0) is 23.5. The lowest BCUT2D eigenvalue weighted by Gasteiger charge is -2.26. The van der Waals surface area contributed by atoms with Gasteiger partial charge in [0.2, 0.25) is 5.82 Å². The molecule has 1 aliphatic heterocycles. The number of tetrazole rings is 1. The molecular weight excluding hydrogens is 426 g/mol. The van der Waals surface area contributed by atoms with Crippen LogP contribution >= 0.6 is 0 Å². The van der Waals surface area contributed by atoms with Gasteiger partial charge in [-0.1, -0.05) is 30.3 Å². The summed E-state index contributed by atoms with van der Waals surface area (Å²) in [5.74, 6) is 2.35. The second-order valence-corrected chi connectivity index (χ2v) is 8.16. The lowest BCUT2D eigenvalue weighted by Crippen LogP contribution is -2.30. The number of nitrogens with one attached hydrogen (secondary N) is 1. The summed E-state index contributed by atoms with van der Waals surface area (Å²) in [6, 6.07) is 18.5. The van der Waals surface area contributed by atoms with E-state index in [1.165, 1.54) is 5.56 Å². The molecule has 0 unspecified atom stereocenters. The van der Waals surface area contributed by atoms with Gasteiger partial charge < -0.3 is 9.64 Å². The van der Waals surface area contributed by atoms with Gasteiger partial charge in [-0.2, -0.15) is 5.21 Å². The molecule has 0 spiro atoms. The van der Waals surface area contributed by atoms with Crippen molar-refractivity contribution < 1.29 is 4.74 Å². The number of allylic oxidation sites excluding steroid dienone is 1. The van der Waals surface area contributed by atoms with Crippen molar-refractivity contribution in [3.8, 4) is 39.5 Å². The van der Waals surface area contributed by atoms with Crippen LogP contribution in [0.2, 0.25) is 0 Å². The number of amidine groups is 1. The number of aliphatic imine (C=N–C) groups is 1. The van der Waals surface area contributed by atoms with Gasteiger partial charge >= 0.3 is 0 Å². The first-order valence-electron chi connectivity index (χ1n) is 11.1. The third-order valence-electron chi connectivity index (χ3n) is 5.91. The minimum absolute atomic E-state index is 0.548. The number of aromatic nitrogens is 5. The minimum atomic E-state index is 0.548. The van der Waals surface area contributed by atoms with Crippen molar-refractivity contribution in [1.82, 2.24) is 30.5 Å². The normalized spacial score (nSPS) is 13.4. The summed E-state index contributed by atoms with van der Waals surface area (Å²) in [6.45, 7) is 5.78. The van der Waals surface area contributed by atoms with Crippen molar-refractivity contribution in [3.05, 3.63) is 78.1 Å². The highest BCUT2D eigenvalue weighted by molar-refractivity contribution is 5.84. The average molecular weight is 452 g/mol. The standard InChI is InChI=1S/C26H25N7O/c1-17-11-13-33(18(2)28-17)16-19-4-6-20(7-5-19)24-14-21(25-15-22(34-3)10-12-27-25)8-9-23(24)26-29-31-32-30-26/h4-12,14-15H,13,16H2,1-3H3,(H,29,30,31,32). The van der Waals surface area contributed by atoms with Gasteiger partial charge in [-0.3, -0.25) is 4.98 Å². The van der Waals surface area contributed by atoms with E-state index in [2.05, 4.69) is 78.8 Å². The van der Waals surface area contributed by atoms with Crippen molar-refractivity contribution in [1.29, 1.82) is 0 Å². The van der Waals surface area contributed by atoms with Crippen LogP contribution in [0.15, 0.2) is 77.6 Å². The number of rotatable bonds is 6. The fraction of sp³-hybridized carbons (Fsp3) is 0.192. The lowest BCUT2D eigenvalue weighted by atomic mass is 9.95. The van der Waals surface area contributed by atoms with Gasteiger partial charge in [0.25, 0.3) is 0 Å². The third-order valence-corrected chi connectivity index (χ3v) is 5.91. The Morgan fingerprint density at radius 1 is 0.971 bits per heavy atom. The molecule has 0 radical (unpaired) electrons. The Morgan fingerprint density at radius 3 is 2.53 bits per heavy atom. The number of nitrogens with zero attached hydrogens (tertiary/aromatic N) is 6. The van der Waals surface area contributed by atoms with Crippen molar-refractivity contribution in [2.24, 2.45) is 4.99 Å². The largest absolute Gasteiger partial charge is 0.497 e. The van der Waals surface area contributed by atoms with Gasteiger partial charge in [-0.25, -0.2) is 4.99 Å². The van der Waals surface area contributed by atoms with Crippen molar-refractivity contribution in [3.63, 3.8) is 0 Å². The molecule has 2 aromatic heterocycles. The van der Waals surface area contributed by atoms with Crippen LogP contribution in [-0.4, -0.2) is 50.0 Å². The highest BCUT2D eigenvalue weighted by Gasteiger charge is 2.15. The smallest absolute Gasteiger partial charge is 0.205 e. The van der Waals surface area contributed by atoms with Gasteiger partial charge in [0.1, 0.15) is 11.6 Å². The maximum Gasteiger partial charge on any atom is 0.205 e. The zero-order valence-electron chi connectivity index (χ0n) is 19.4. The summed E-state index contributed by atoms with van der Waals surface area (Å²) in [5, 5.41) is 14.7. The zero-order valence-corrected chi connectivity index (χ0v) is 19.4. The summed E-state index contributed by atoms with van der Waals surface area (Å²) >= 11 is 0. The quantitative estimate of drug-likeness (QED) is 0.455. The molecule has 0 amide bonds. The van der Waals surface area contributed by atoms with Crippen LogP contribution in [0.4, 0.5) is 0 Å². The Balaban J connectivity index is 1.49. The monoisotopic (exact) mass is 451 g/mol. The number of benzene rings is 2. The molecule has 2 aromatic carbocycles. The van der Waals surface area contributed by atoms with Crippen LogP contribution in [0, 0.1) is 0 Å². The molecule has 0 atom stereocenters. The maximum absolute atomic E-state index is 5.37. The number of H-pyrrole nitrogens is 1. The highest BCUT2D eigenvalue weighted by Crippen LogP contribution is 2.34. The fourth-order valence-corrected chi connectivity index (χ4v) is 4.04. The van der Waals surface area contributed by atoms with Crippen LogP contribution < -0.4 is 4.74 Å². The summed E-state index contributed by atoms with van der Waals surface area (Å²) in [7, 11) is 1.65. The van der Waals surface area contributed by atoms with E-state index in [9.17, 15) is 0 Å². The first kappa shape index (κ1) is 21.5. The molecule has 5 rings (SSSR count). The molecule has 4 aromatic rings. The number of pyridine rings is 1. The Bertz CT molecular complexity index is 1360. The molecule has 0 saturated carbocycles. The molecule has 34 heavy (non-hydrogen) atoms. The van der Waals surface area contributed by atoms with Gasteiger partial charge in [0.15, 0.2) is 0 Å². The number of methoxy groups -OCH3 is 1. The lowest BCUT2D eigenvalue weighted by molar-refractivity contribution is 0.414. The van der Waals surface area contributed by atoms with Gasteiger partial charge in [-0.15, -0.1) is 10.2 Å². The molecule has 8 nitrogen and oxygen atoms in total. The van der Waals surface area contributed by atoms with Crippen LogP contribution in [0.1, 0.15) is 19.4 Å². The molecule has 0 aliphatic carbocycles. The van der Waals surface area contributed by atoms with Crippen LogP contribution in [0.25, 0.3) is 33.8 Å². The van der Waals surface area contributed by atoms with Crippen LogP contribution in [0.5, 0.6) is 5.75 Å². The Labute approximate surface area is 198 Å². The summed E-state index contributed by atoms with van der Waals surface area (Å²) < 4.78 is 5.37. The SMILES string of the molecule is COc1ccnc(-c2ccc(-c3nn[nH]n3)c(-c3ccc(CN4CC=C(C)N=C4C)cc3)c2)c1. The van der Waals surface area contributed by atoms with E-state index in [4.69, 9.17) is 4.74 Å². The van der Waals surface area contributed by atoms with Crippen molar-refractivity contribution >= 4 is 5.84 Å². The van der Waals surface area contributed by atoms with E-state index in [1.807, 2.05) is 31.2 Å². The molecule has 3 heterocycles. The van der Waals surface area contributed by atoms with E-state index in [0.29, 0.717) is 5.82 Å². The molecule has 1 N–H and O–H groups in total. The number of hydrogen-bond donors (Lipinski definition) is 1. The van der Waals surface area contributed by atoms with Crippen molar-refractivity contribution in [2.45, 2.75) is 20.4 Å². The van der Waals surface area contributed by atoms with E-state index < -0.39 is 0 Å². The molecule has 8 heteroatoms. The number of hydrogen-bond acceptors (Lipinski definition) is 7. The first-order chi connectivity index (χ1) is 16.6. The third kappa shape index (κ3) is 4.43. The second-order valence-electron chi connectivity index (χ2n) is 8.16. The predicted molar refractivity (Wildman–Crippen MR) is 132 cm³/mol. The molecular formula is C26H25N7O. The predicted octanol–water partition coefficient (Wildman–Crippen LogP) is 4.74. The minimum Gasteiger partial charge on any atom is -0.497 e. The molecule has 1 aliphatic rings. The van der Waals surface area contributed by atoms with E-state index in [0.717, 1.165) is 58.3 Å². The van der Waals surface area contributed by atoms with Crippen molar-refractivity contribution in [2.75, 3.05) is 13.7 Å². The van der Waals surface area contributed by atoms with Crippen LogP contribution in [0.3, 0.4) is 0 Å². The maximum atomic E-state index is 5.37. The fourth-order valence-electron chi connectivity index (χ4n) is 4.04. The molecule has 0 saturated heterocycles. The molecule has 0 bridgehead atoms. The summed E-state index contributed by atoms with van der Waals surface area (Å²) in [4.78, 5) is 11.4. The molecule has 170 valence electrons. The second kappa shape index (κ2) is 9.27. The highest BCUT2D eigenvalue weighted by atomic mass is 16.5. The first-order valence-corrected chi connectivity index (χ1v) is 11.1. The van der Waals surface area contributed by atoms with E-state index in [1.54, 1.807) is 13.3 Å². The van der Waals surface area contributed by atoms with Crippen LogP contribution in [-0.2, 0) is 6.54 Å². The van der Waals surface area contributed by atoms with Gasteiger partial charge in [-0.05, 0) is 60.0 Å². The topological polar surface area (TPSA) is 92.2 Å². The Kier molecular flexibility index (Phi) is 5.86. The Morgan fingerprint density at radius 2 is 1.79 bits per heavy atom. The summed E-state index contributed by atoms with van der Waals surface area (Å²) in [5.41, 5.74) is 7.07. The number of ether oxygens (including phenoxy) is 1. The van der Waals surface area contributed by atoms with Gasteiger partial charge in [0.05, 0.1) is 12.8 Å². The van der Waals surface area contributed by atoms with E-state index in [-0.39, 0.29) is 0 Å². The molecule has 0 fully saturated rings.